The van der Waals surface area contributed by atoms with Crippen LogP contribution in [-0.2, 0) is 16.0 Å². The number of nitrogens with one attached hydrogen (secondary N) is 2. The van der Waals surface area contributed by atoms with Crippen molar-refractivity contribution >= 4 is 28.8 Å². The first kappa shape index (κ1) is 15.3. The summed E-state index contributed by atoms with van der Waals surface area (Å²) >= 11 is 1.63. The minimum atomic E-state index is -0.106. The molecule has 0 fully saturated rings. The number of carbonyl (C=O) groups excluding carboxylic acids is 2. The monoisotopic (exact) mass is 302 g/mol. The number of thiophene rings is 1. The Morgan fingerprint density at radius 3 is 2.48 bits per heavy atom. The van der Waals surface area contributed by atoms with Gasteiger partial charge in [0.1, 0.15) is 0 Å². The van der Waals surface area contributed by atoms with Crippen molar-refractivity contribution in [3.63, 3.8) is 0 Å². The van der Waals surface area contributed by atoms with E-state index in [1.165, 1.54) is 6.92 Å². The highest BCUT2D eigenvalue weighted by Crippen LogP contribution is 2.18. The first-order valence-corrected chi connectivity index (χ1v) is 7.62. The molecule has 1 atom stereocenters. The van der Waals surface area contributed by atoms with E-state index in [2.05, 4.69) is 10.6 Å². The van der Waals surface area contributed by atoms with E-state index in [1.807, 2.05) is 36.6 Å². The molecule has 0 radical (unpaired) electrons. The van der Waals surface area contributed by atoms with Gasteiger partial charge in [-0.3, -0.25) is 9.59 Å². The Balaban J connectivity index is 1.89. The van der Waals surface area contributed by atoms with Crippen LogP contribution < -0.4 is 10.6 Å². The molecular weight excluding hydrogens is 284 g/mol. The van der Waals surface area contributed by atoms with E-state index >= 15 is 0 Å². The Morgan fingerprint density at radius 2 is 1.90 bits per heavy atom. The maximum atomic E-state index is 12.0. The average Bonchev–Trinajstić information content (AvgIpc) is 2.94. The highest BCUT2D eigenvalue weighted by atomic mass is 32.1. The number of benzene rings is 1. The number of hydrogen-bond acceptors (Lipinski definition) is 3. The number of carbonyl (C=O) groups is 2. The molecule has 1 aromatic heterocycles. The lowest BCUT2D eigenvalue weighted by molar-refractivity contribution is -0.121. The van der Waals surface area contributed by atoms with Crippen LogP contribution in [0, 0.1) is 0 Å². The molecule has 0 saturated carbocycles. The van der Waals surface area contributed by atoms with Gasteiger partial charge in [0.05, 0.1) is 12.5 Å². The Kier molecular flexibility index (Phi) is 5.11. The zero-order valence-electron chi connectivity index (χ0n) is 12.1. The summed E-state index contributed by atoms with van der Waals surface area (Å²) in [6, 6.07) is 11.3. The fraction of sp³-hybridized carbons (Fsp3) is 0.250. The Morgan fingerprint density at radius 1 is 1.19 bits per heavy atom. The van der Waals surface area contributed by atoms with Crippen molar-refractivity contribution in [3.05, 3.63) is 52.2 Å². The molecule has 4 nitrogen and oxygen atoms in total. The molecule has 2 N–H and O–H groups in total. The molecule has 2 amide bonds. The van der Waals surface area contributed by atoms with Crippen molar-refractivity contribution < 1.29 is 9.59 Å². The second-order valence-electron chi connectivity index (χ2n) is 4.86. The van der Waals surface area contributed by atoms with Crippen molar-refractivity contribution in [2.45, 2.75) is 26.3 Å². The second-order valence-corrected chi connectivity index (χ2v) is 5.84. The van der Waals surface area contributed by atoms with E-state index < -0.39 is 0 Å². The number of rotatable bonds is 5. The summed E-state index contributed by atoms with van der Waals surface area (Å²) in [6.07, 6.45) is 0.329. The predicted octanol–water partition coefficient (Wildman–Crippen LogP) is 3.13. The van der Waals surface area contributed by atoms with E-state index in [0.717, 1.165) is 16.1 Å². The van der Waals surface area contributed by atoms with E-state index in [4.69, 9.17) is 0 Å². The Labute approximate surface area is 128 Å². The van der Waals surface area contributed by atoms with Crippen molar-refractivity contribution in [1.82, 2.24) is 5.32 Å². The van der Waals surface area contributed by atoms with Crippen molar-refractivity contribution in [2.75, 3.05) is 5.32 Å². The third-order valence-corrected chi connectivity index (χ3v) is 4.04. The minimum Gasteiger partial charge on any atom is -0.348 e. The predicted molar refractivity (Wildman–Crippen MR) is 85.3 cm³/mol. The SMILES string of the molecule is CC(=O)Nc1ccc(CC(=O)N[C@@H](C)c2cccs2)cc1. The molecule has 0 aliphatic heterocycles. The number of amides is 2. The van der Waals surface area contributed by atoms with Gasteiger partial charge in [0, 0.05) is 17.5 Å². The summed E-state index contributed by atoms with van der Waals surface area (Å²) < 4.78 is 0. The standard InChI is InChI=1S/C16H18N2O2S/c1-11(15-4-3-9-21-15)17-16(20)10-13-5-7-14(8-6-13)18-12(2)19/h3-9,11H,10H2,1-2H3,(H,17,20)(H,18,19)/t11-/m0/s1. The Bertz CT molecular complexity index is 606. The fourth-order valence-electron chi connectivity index (χ4n) is 2.00. The van der Waals surface area contributed by atoms with Gasteiger partial charge in [0.2, 0.25) is 11.8 Å². The minimum absolute atomic E-state index is 0.0109. The average molecular weight is 302 g/mol. The van der Waals surface area contributed by atoms with Crippen molar-refractivity contribution in [3.8, 4) is 0 Å². The van der Waals surface area contributed by atoms with Gasteiger partial charge in [0.15, 0.2) is 0 Å². The van der Waals surface area contributed by atoms with Crippen LogP contribution in [0.1, 0.15) is 30.3 Å². The van der Waals surface area contributed by atoms with Crippen LogP contribution in [0.3, 0.4) is 0 Å². The van der Waals surface area contributed by atoms with Gasteiger partial charge in [0.25, 0.3) is 0 Å². The molecule has 2 aromatic rings. The van der Waals surface area contributed by atoms with Gasteiger partial charge in [-0.2, -0.15) is 0 Å². The van der Waals surface area contributed by atoms with E-state index in [1.54, 1.807) is 23.5 Å². The first-order valence-electron chi connectivity index (χ1n) is 6.74. The van der Waals surface area contributed by atoms with Crippen LogP contribution in [0.25, 0.3) is 0 Å². The largest absolute Gasteiger partial charge is 0.348 e. The van der Waals surface area contributed by atoms with Crippen LogP contribution in [0.15, 0.2) is 41.8 Å². The normalized spacial score (nSPS) is 11.7. The zero-order chi connectivity index (χ0) is 15.2. The van der Waals surface area contributed by atoms with Gasteiger partial charge < -0.3 is 10.6 Å². The molecule has 0 aliphatic carbocycles. The fourth-order valence-corrected chi connectivity index (χ4v) is 2.73. The molecule has 110 valence electrons. The second kappa shape index (κ2) is 7.04. The van der Waals surface area contributed by atoms with E-state index in [-0.39, 0.29) is 17.9 Å². The van der Waals surface area contributed by atoms with Crippen molar-refractivity contribution in [1.29, 1.82) is 0 Å². The smallest absolute Gasteiger partial charge is 0.224 e. The molecule has 0 aliphatic rings. The molecule has 2 rings (SSSR count). The topological polar surface area (TPSA) is 58.2 Å². The van der Waals surface area contributed by atoms with Gasteiger partial charge in [-0.25, -0.2) is 0 Å². The number of hydrogen-bond donors (Lipinski definition) is 2. The molecule has 0 bridgehead atoms. The lowest BCUT2D eigenvalue weighted by atomic mass is 10.1. The third-order valence-electron chi connectivity index (χ3n) is 2.99. The van der Waals surface area contributed by atoms with Crippen LogP contribution >= 0.6 is 11.3 Å². The molecule has 0 saturated heterocycles. The highest BCUT2D eigenvalue weighted by Gasteiger charge is 2.10. The molecular formula is C16H18N2O2S. The summed E-state index contributed by atoms with van der Waals surface area (Å²) in [6.45, 7) is 3.44. The lowest BCUT2D eigenvalue weighted by Crippen LogP contribution is -2.27. The Hall–Kier alpha value is -2.14. The number of anilines is 1. The zero-order valence-corrected chi connectivity index (χ0v) is 12.9. The van der Waals surface area contributed by atoms with Crippen LogP contribution in [0.5, 0.6) is 0 Å². The summed E-state index contributed by atoms with van der Waals surface area (Å²) in [4.78, 5) is 24.1. The maximum Gasteiger partial charge on any atom is 0.224 e. The quantitative estimate of drug-likeness (QED) is 0.891. The highest BCUT2D eigenvalue weighted by molar-refractivity contribution is 7.10. The first-order chi connectivity index (χ1) is 10.0. The van der Waals surface area contributed by atoms with Crippen molar-refractivity contribution in [2.24, 2.45) is 0 Å². The third kappa shape index (κ3) is 4.72. The summed E-state index contributed by atoms with van der Waals surface area (Å²) in [7, 11) is 0. The molecule has 1 heterocycles. The van der Waals surface area contributed by atoms with Gasteiger partial charge in [-0.1, -0.05) is 18.2 Å². The lowest BCUT2D eigenvalue weighted by Gasteiger charge is -2.12. The van der Waals surface area contributed by atoms with Gasteiger partial charge >= 0.3 is 0 Å². The van der Waals surface area contributed by atoms with E-state index in [9.17, 15) is 9.59 Å². The molecule has 0 spiro atoms. The maximum absolute atomic E-state index is 12.0. The van der Waals surface area contributed by atoms with Gasteiger partial charge in [-0.15, -0.1) is 11.3 Å². The molecule has 1 aromatic carbocycles. The summed E-state index contributed by atoms with van der Waals surface area (Å²) in [5.74, 6) is -0.117. The molecule has 5 heteroatoms. The van der Waals surface area contributed by atoms with Crippen LogP contribution in [0.4, 0.5) is 5.69 Å². The van der Waals surface area contributed by atoms with Crippen LogP contribution in [-0.4, -0.2) is 11.8 Å². The van der Waals surface area contributed by atoms with Crippen LogP contribution in [0.2, 0.25) is 0 Å². The van der Waals surface area contributed by atoms with Gasteiger partial charge in [-0.05, 0) is 36.1 Å². The molecule has 0 unspecified atom stereocenters. The summed E-state index contributed by atoms with van der Waals surface area (Å²) in [5, 5.41) is 7.68. The molecule has 21 heavy (non-hydrogen) atoms. The van der Waals surface area contributed by atoms with E-state index in [0.29, 0.717) is 6.42 Å². The summed E-state index contributed by atoms with van der Waals surface area (Å²) in [5.41, 5.74) is 1.65.